The largest absolute Gasteiger partial charge is 0.495 e. The molecular weight excluding hydrogens is 534 g/mol. The first-order valence-corrected chi connectivity index (χ1v) is 13.1. The number of halogens is 1. The fourth-order valence-electron chi connectivity index (χ4n) is 4.59. The molecule has 0 spiro atoms. The number of methoxy groups -OCH3 is 2. The minimum absolute atomic E-state index is 0.214. The molecule has 208 valence electrons. The average molecular weight is 564 g/mol. The third-order valence-electron chi connectivity index (χ3n) is 6.69. The van der Waals surface area contributed by atoms with E-state index in [2.05, 4.69) is 47.9 Å². The first-order chi connectivity index (χ1) is 19.5. The minimum Gasteiger partial charge on any atom is -0.495 e. The van der Waals surface area contributed by atoms with E-state index in [1.54, 1.807) is 44.8 Å². The highest BCUT2D eigenvalue weighted by Crippen LogP contribution is 2.34. The van der Waals surface area contributed by atoms with Crippen molar-refractivity contribution in [1.82, 2.24) is 25.2 Å². The van der Waals surface area contributed by atoms with Crippen LogP contribution in [0.1, 0.15) is 27.4 Å². The van der Waals surface area contributed by atoms with Crippen LogP contribution < -0.4 is 25.4 Å². The molecule has 11 nitrogen and oxygen atoms in total. The van der Waals surface area contributed by atoms with Gasteiger partial charge in [0, 0.05) is 25.7 Å². The fourth-order valence-corrected chi connectivity index (χ4v) is 4.73. The normalized spacial score (nSPS) is 13.2. The summed E-state index contributed by atoms with van der Waals surface area (Å²) in [5.41, 5.74) is 4.29. The molecule has 12 heteroatoms. The molecular formula is C28H30ClN7O4. The van der Waals surface area contributed by atoms with Crippen molar-refractivity contribution in [3.63, 3.8) is 0 Å². The van der Waals surface area contributed by atoms with Gasteiger partial charge in [-0.3, -0.25) is 9.69 Å². The third-order valence-corrected chi connectivity index (χ3v) is 6.97. The Kier molecular flexibility index (Phi) is 8.32. The number of benzene rings is 2. The Bertz CT molecular complexity index is 1500. The third kappa shape index (κ3) is 6.11. The van der Waals surface area contributed by atoms with Gasteiger partial charge in [-0.15, -0.1) is 0 Å². The summed E-state index contributed by atoms with van der Waals surface area (Å²) in [6, 6.07) is 9.22. The summed E-state index contributed by atoms with van der Waals surface area (Å²) in [5.74, 6) is 2.38. The Morgan fingerprint density at radius 3 is 2.48 bits per heavy atom. The van der Waals surface area contributed by atoms with E-state index in [4.69, 9.17) is 25.5 Å². The number of nitrogens with zero attached hydrogens (tertiary/aromatic N) is 4. The number of anilines is 4. The second-order valence-electron chi connectivity index (χ2n) is 9.16. The molecule has 0 atom stereocenters. The van der Waals surface area contributed by atoms with Crippen LogP contribution in [0.2, 0.25) is 5.02 Å². The zero-order valence-electron chi connectivity index (χ0n) is 22.5. The number of aromatic nitrogens is 3. The summed E-state index contributed by atoms with van der Waals surface area (Å²) in [6.07, 6.45) is 6.54. The van der Waals surface area contributed by atoms with Gasteiger partial charge in [0.15, 0.2) is 5.82 Å². The molecule has 2 aromatic carbocycles. The SMILES string of the molecule is CNC(=O)c1ccc(Nc2nc(Nc3cc4c(cc3OC)CCN(Cc3ncco3)CC4)ncc2Cl)c(OC)c1. The summed E-state index contributed by atoms with van der Waals surface area (Å²) in [6.45, 7) is 2.46. The maximum absolute atomic E-state index is 12.0. The quantitative estimate of drug-likeness (QED) is 0.266. The number of fused-ring (bicyclic) bond motifs is 1. The highest BCUT2D eigenvalue weighted by atomic mass is 35.5. The van der Waals surface area contributed by atoms with Gasteiger partial charge in [-0.2, -0.15) is 4.98 Å². The monoisotopic (exact) mass is 563 g/mol. The van der Waals surface area contributed by atoms with Crippen molar-refractivity contribution in [3.05, 3.63) is 76.6 Å². The van der Waals surface area contributed by atoms with Crippen molar-refractivity contribution in [1.29, 1.82) is 0 Å². The molecule has 0 saturated carbocycles. The standard InChI is InChI=1S/C28H30ClN7O4/c1-30-27(37)19-4-5-21(23(14-19)38-2)33-26-20(29)15-32-28(35-26)34-22-12-17-6-9-36(16-25-31-8-11-40-25)10-7-18(17)13-24(22)39-3/h4-5,8,11-15H,6-7,9-10,16H2,1-3H3,(H,30,37)(H2,32,33,34,35). The van der Waals surface area contributed by atoms with Gasteiger partial charge in [0.2, 0.25) is 11.8 Å². The number of oxazole rings is 1. The lowest BCUT2D eigenvalue weighted by Crippen LogP contribution is -2.26. The van der Waals surface area contributed by atoms with Gasteiger partial charge in [0.25, 0.3) is 5.91 Å². The Morgan fingerprint density at radius 1 is 1.02 bits per heavy atom. The average Bonchev–Trinajstić information content (AvgIpc) is 3.41. The second kappa shape index (κ2) is 12.2. The molecule has 0 radical (unpaired) electrons. The number of carbonyl (C=O) groups is 1. The van der Waals surface area contributed by atoms with Crippen LogP contribution in [-0.4, -0.2) is 60.1 Å². The molecule has 0 bridgehead atoms. The van der Waals surface area contributed by atoms with Gasteiger partial charge >= 0.3 is 0 Å². The molecule has 0 unspecified atom stereocenters. The van der Waals surface area contributed by atoms with Crippen molar-refractivity contribution >= 4 is 40.6 Å². The van der Waals surface area contributed by atoms with Crippen molar-refractivity contribution in [2.45, 2.75) is 19.4 Å². The molecule has 1 amide bonds. The van der Waals surface area contributed by atoms with Gasteiger partial charge in [-0.1, -0.05) is 11.6 Å². The Labute approximate surface area is 236 Å². The van der Waals surface area contributed by atoms with E-state index >= 15 is 0 Å². The summed E-state index contributed by atoms with van der Waals surface area (Å²) < 4.78 is 16.6. The Balaban J connectivity index is 1.35. The number of hydrogen-bond acceptors (Lipinski definition) is 10. The number of nitrogens with one attached hydrogen (secondary N) is 3. The van der Waals surface area contributed by atoms with Crippen LogP contribution in [0.25, 0.3) is 0 Å². The number of hydrogen-bond donors (Lipinski definition) is 3. The molecule has 0 aliphatic carbocycles. The van der Waals surface area contributed by atoms with Gasteiger partial charge in [0.1, 0.15) is 22.8 Å². The van der Waals surface area contributed by atoms with E-state index in [0.717, 1.165) is 37.5 Å². The molecule has 4 aromatic rings. The molecule has 3 heterocycles. The lowest BCUT2D eigenvalue weighted by Gasteiger charge is -2.17. The van der Waals surface area contributed by atoms with Gasteiger partial charge < -0.3 is 29.8 Å². The van der Waals surface area contributed by atoms with Crippen LogP contribution in [0.4, 0.5) is 23.1 Å². The van der Waals surface area contributed by atoms with E-state index in [-0.39, 0.29) is 5.91 Å². The van der Waals surface area contributed by atoms with Crippen LogP contribution in [0.5, 0.6) is 11.5 Å². The van der Waals surface area contributed by atoms with Crippen LogP contribution in [0, 0.1) is 0 Å². The summed E-state index contributed by atoms with van der Waals surface area (Å²) in [7, 11) is 4.74. The van der Waals surface area contributed by atoms with Crippen molar-refractivity contribution in [2.75, 3.05) is 45.0 Å². The smallest absolute Gasteiger partial charge is 0.251 e. The Morgan fingerprint density at radius 2 is 1.77 bits per heavy atom. The zero-order chi connectivity index (χ0) is 28.1. The first-order valence-electron chi connectivity index (χ1n) is 12.7. The second-order valence-corrected chi connectivity index (χ2v) is 9.56. The molecule has 0 fully saturated rings. The zero-order valence-corrected chi connectivity index (χ0v) is 23.2. The first kappa shape index (κ1) is 27.2. The van der Waals surface area contributed by atoms with E-state index in [1.165, 1.54) is 24.4 Å². The summed E-state index contributed by atoms with van der Waals surface area (Å²) in [5, 5.41) is 9.39. The van der Waals surface area contributed by atoms with Crippen LogP contribution >= 0.6 is 11.6 Å². The summed E-state index contributed by atoms with van der Waals surface area (Å²) >= 11 is 6.42. The molecule has 5 rings (SSSR count). The predicted molar refractivity (Wildman–Crippen MR) is 152 cm³/mol. The molecule has 0 saturated heterocycles. The van der Waals surface area contributed by atoms with Crippen molar-refractivity contribution < 1.29 is 18.7 Å². The number of amides is 1. The van der Waals surface area contributed by atoms with Crippen LogP contribution in [0.15, 0.2) is 53.4 Å². The molecule has 40 heavy (non-hydrogen) atoms. The van der Waals surface area contributed by atoms with Crippen LogP contribution in [-0.2, 0) is 19.4 Å². The number of carbonyl (C=O) groups excluding carboxylic acids is 1. The lowest BCUT2D eigenvalue weighted by atomic mass is 10.0. The van der Waals surface area contributed by atoms with E-state index in [0.29, 0.717) is 46.1 Å². The maximum atomic E-state index is 12.0. The highest BCUT2D eigenvalue weighted by Gasteiger charge is 2.19. The van der Waals surface area contributed by atoms with E-state index < -0.39 is 0 Å². The Hall–Kier alpha value is -4.35. The lowest BCUT2D eigenvalue weighted by molar-refractivity contribution is 0.0962. The highest BCUT2D eigenvalue weighted by molar-refractivity contribution is 6.33. The maximum Gasteiger partial charge on any atom is 0.251 e. The molecule has 2 aromatic heterocycles. The van der Waals surface area contributed by atoms with Gasteiger partial charge in [0.05, 0.1) is 44.5 Å². The number of ether oxygens (including phenoxy) is 2. The predicted octanol–water partition coefficient (Wildman–Crippen LogP) is 4.58. The summed E-state index contributed by atoms with van der Waals surface area (Å²) in [4.78, 5) is 27.6. The van der Waals surface area contributed by atoms with Crippen LogP contribution in [0.3, 0.4) is 0 Å². The fraction of sp³-hybridized carbons (Fsp3) is 0.286. The van der Waals surface area contributed by atoms with Gasteiger partial charge in [-0.05, 0) is 54.3 Å². The van der Waals surface area contributed by atoms with Gasteiger partial charge in [-0.25, -0.2) is 9.97 Å². The topological polar surface area (TPSA) is 127 Å². The van der Waals surface area contributed by atoms with Crippen molar-refractivity contribution in [2.24, 2.45) is 0 Å². The van der Waals surface area contributed by atoms with E-state index in [9.17, 15) is 4.79 Å². The number of rotatable bonds is 9. The molecule has 1 aliphatic rings. The molecule has 1 aliphatic heterocycles. The molecule has 3 N–H and O–H groups in total. The van der Waals surface area contributed by atoms with Crippen molar-refractivity contribution in [3.8, 4) is 11.5 Å². The van der Waals surface area contributed by atoms with E-state index in [1.807, 2.05) is 0 Å². The minimum atomic E-state index is -0.214.